The first-order valence-electron chi connectivity index (χ1n) is 11.0. The van der Waals surface area contributed by atoms with Gasteiger partial charge in [-0.15, -0.1) is 0 Å². The maximum Gasteiger partial charge on any atom is 0.306 e. The number of Topliss-reactive ketones (excluding diaryl/α,β-unsaturated/α-hetero) is 1. The fourth-order valence-electron chi connectivity index (χ4n) is 4.15. The number of hydrogen-bond acceptors (Lipinski definition) is 9. The fourth-order valence-corrected chi connectivity index (χ4v) is 4.15. The van der Waals surface area contributed by atoms with Crippen molar-refractivity contribution in [2.45, 2.75) is 12.3 Å². The third-order valence-electron chi connectivity index (χ3n) is 5.87. The second-order valence-corrected chi connectivity index (χ2v) is 7.89. The van der Waals surface area contributed by atoms with Gasteiger partial charge in [0.1, 0.15) is 11.5 Å². The van der Waals surface area contributed by atoms with Crippen LogP contribution in [-0.4, -0.2) is 50.3 Å². The number of phenols is 1. The van der Waals surface area contributed by atoms with Gasteiger partial charge in [-0.2, -0.15) is 0 Å². The van der Waals surface area contributed by atoms with E-state index in [1.807, 2.05) is 0 Å². The van der Waals surface area contributed by atoms with Gasteiger partial charge in [-0.05, 0) is 47.5 Å². The van der Waals surface area contributed by atoms with E-state index >= 15 is 0 Å². The average Bonchev–Trinajstić information content (AvgIpc) is 3.21. The van der Waals surface area contributed by atoms with Crippen LogP contribution in [0.3, 0.4) is 0 Å². The van der Waals surface area contributed by atoms with Crippen LogP contribution in [0.4, 0.5) is 0 Å². The molecule has 0 bridgehead atoms. The number of benzene rings is 2. The number of phenolic OH excluding ortho intramolecular Hbond substituents is 1. The monoisotopic (exact) mass is 491 g/mol. The van der Waals surface area contributed by atoms with Gasteiger partial charge in [-0.1, -0.05) is 6.07 Å². The summed E-state index contributed by atoms with van der Waals surface area (Å²) in [5.74, 6) is -0.174. The lowest BCUT2D eigenvalue weighted by Crippen LogP contribution is -2.11. The van der Waals surface area contributed by atoms with Crippen LogP contribution in [0, 0.1) is 0 Å². The summed E-state index contributed by atoms with van der Waals surface area (Å²) in [6, 6.07) is 9.78. The molecule has 0 fully saturated rings. The van der Waals surface area contributed by atoms with Gasteiger partial charge in [0, 0.05) is 23.9 Å². The van der Waals surface area contributed by atoms with Crippen LogP contribution in [0.5, 0.6) is 28.7 Å². The summed E-state index contributed by atoms with van der Waals surface area (Å²) in [6.45, 7) is 0. The van der Waals surface area contributed by atoms with E-state index < -0.39 is 11.9 Å². The number of carbonyl (C=O) groups excluding carboxylic acids is 2. The number of carbonyl (C=O) groups is 2. The van der Waals surface area contributed by atoms with Crippen LogP contribution in [0.15, 0.2) is 54.6 Å². The number of esters is 1. The molecule has 0 radical (unpaired) electrons. The third-order valence-corrected chi connectivity index (χ3v) is 5.87. The van der Waals surface area contributed by atoms with Gasteiger partial charge in [-0.3, -0.25) is 14.6 Å². The van der Waals surface area contributed by atoms with Crippen molar-refractivity contribution in [1.82, 2.24) is 4.98 Å². The first-order valence-corrected chi connectivity index (χ1v) is 11.0. The number of allylic oxidation sites excluding steroid dienone is 1. The maximum absolute atomic E-state index is 13.3. The first kappa shape index (κ1) is 24.6. The number of nitrogens with zero attached hydrogens (tertiary/aromatic N) is 1. The molecule has 0 saturated heterocycles. The van der Waals surface area contributed by atoms with Crippen molar-refractivity contribution < 1.29 is 38.4 Å². The number of hydrogen-bond donors (Lipinski definition) is 1. The zero-order valence-electron chi connectivity index (χ0n) is 20.2. The second-order valence-electron chi connectivity index (χ2n) is 7.89. The van der Waals surface area contributed by atoms with Gasteiger partial charge in [0.25, 0.3) is 0 Å². The Morgan fingerprint density at radius 3 is 2.39 bits per heavy atom. The lowest BCUT2D eigenvalue weighted by Gasteiger charge is -2.20. The van der Waals surface area contributed by atoms with E-state index in [0.29, 0.717) is 33.9 Å². The Bertz CT molecular complexity index is 1310. The highest BCUT2D eigenvalue weighted by Gasteiger charge is 2.35. The van der Waals surface area contributed by atoms with Gasteiger partial charge >= 0.3 is 5.97 Å². The Morgan fingerprint density at radius 2 is 1.81 bits per heavy atom. The van der Waals surface area contributed by atoms with E-state index in [0.717, 1.165) is 0 Å². The predicted molar refractivity (Wildman–Crippen MR) is 130 cm³/mol. The predicted octanol–water partition coefficient (Wildman–Crippen LogP) is 4.12. The highest BCUT2D eigenvalue weighted by molar-refractivity contribution is 6.15. The highest BCUT2D eigenvalue weighted by Crippen LogP contribution is 2.47. The Labute approximate surface area is 207 Å². The standard InChI is InChI=1S/C27H25NO8/c1-32-21-11-15(12-22(33-2)27(21)35-4)10-20-25(31)17-7-8-19(29)24(26(17)36-20)18(13-23(30)34-3)16-6-5-9-28-14-16/h5-12,14,18,29H,13H2,1-4H3/b20-10-. The quantitative estimate of drug-likeness (QED) is 0.367. The van der Waals surface area contributed by atoms with Gasteiger partial charge in [0.2, 0.25) is 11.5 Å². The van der Waals surface area contributed by atoms with Crippen LogP contribution >= 0.6 is 0 Å². The molecule has 1 aromatic heterocycles. The molecule has 2 heterocycles. The smallest absolute Gasteiger partial charge is 0.306 e. The molecule has 0 spiro atoms. The summed E-state index contributed by atoms with van der Waals surface area (Å²) >= 11 is 0. The molecule has 36 heavy (non-hydrogen) atoms. The Hall–Kier alpha value is -4.53. The Morgan fingerprint density at radius 1 is 1.08 bits per heavy atom. The van der Waals surface area contributed by atoms with E-state index in [2.05, 4.69) is 4.98 Å². The summed E-state index contributed by atoms with van der Waals surface area (Å²) in [7, 11) is 5.78. The molecule has 1 unspecified atom stereocenters. The largest absolute Gasteiger partial charge is 0.508 e. The Balaban J connectivity index is 1.81. The normalized spacial score (nSPS) is 14.1. The number of methoxy groups -OCH3 is 4. The summed E-state index contributed by atoms with van der Waals surface area (Å²) in [6.07, 6.45) is 4.66. The number of ketones is 1. The van der Waals surface area contributed by atoms with Crippen molar-refractivity contribution in [3.05, 3.63) is 76.8 Å². The van der Waals surface area contributed by atoms with Gasteiger partial charge in [0.15, 0.2) is 17.3 Å². The van der Waals surface area contributed by atoms with E-state index in [-0.39, 0.29) is 35.0 Å². The summed E-state index contributed by atoms with van der Waals surface area (Å²) in [5.41, 5.74) is 1.79. The van der Waals surface area contributed by atoms with Crippen molar-refractivity contribution in [2.75, 3.05) is 28.4 Å². The van der Waals surface area contributed by atoms with Crippen molar-refractivity contribution in [3.8, 4) is 28.7 Å². The second kappa shape index (κ2) is 10.4. The Kier molecular flexibility index (Phi) is 7.10. The molecule has 9 heteroatoms. The molecule has 0 aliphatic carbocycles. The lowest BCUT2D eigenvalue weighted by atomic mass is 9.87. The molecular formula is C27H25NO8. The van der Waals surface area contributed by atoms with Crippen molar-refractivity contribution in [2.24, 2.45) is 0 Å². The number of ether oxygens (including phenoxy) is 5. The zero-order valence-corrected chi connectivity index (χ0v) is 20.2. The van der Waals surface area contributed by atoms with E-state index in [4.69, 9.17) is 23.7 Å². The molecule has 1 N–H and O–H groups in total. The summed E-state index contributed by atoms with van der Waals surface area (Å²) in [4.78, 5) is 29.6. The molecule has 1 aliphatic rings. The topological polar surface area (TPSA) is 113 Å². The van der Waals surface area contributed by atoms with Crippen LogP contribution < -0.4 is 18.9 Å². The first-order chi connectivity index (χ1) is 17.4. The molecule has 2 aromatic carbocycles. The molecule has 3 aromatic rings. The fraction of sp³-hybridized carbons (Fsp3) is 0.222. The van der Waals surface area contributed by atoms with Crippen LogP contribution in [-0.2, 0) is 9.53 Å². The van der Waals surface area contributed by atoms with Crippen molar-refractivity contribution in [1.29, 1.82) is 0 Å². The number of rotatable bonds is 8. The third kappa shape index (κ3) is 4.55. The SMILES string of the molecule is COC(=O)CC(c1cccnc1)c1c(O)ccc2c1O/C(=C\c1cc(OC)c(OC)c(OC)c1)C2=O. The minimum absolute atomic E-state index is 0.0362. The number of aromatic nitrogens is 1. The molecule has 9 nitrogen and oxygen atoms in total. The number of pyridine rings is 1. The van der Waals surface area contributed by atoms with Crippen LogP contribution in [0.2, 0.25) is 0 Å². The minimum atomic E-state index is -0.658. The average molecular weight is 491 g/mol. The van der Waals surface area contributed by atoms with E-state index in [1.165, 1.54) is 40.6 Å². The summed E-state index contributed by atoms with van der Waals surface area (Å²) < 4.78 is 27.0. The molecule has 186 valence electrons. The van der Waals surface area contributed by atoms with Crippen molar-refractivity contribution >= 4 is 17.8 Å². The van der Waals surface area contributed by atoms with Gasteiger partial charge in [0.05, 0.1) is 40.4 Å². The van der Waals surface area contributed by atoms with Crippen LogP contribution in [0.1, 0.15) is 39.4 Å². The lowest BCUT2D eigenvalue weighted by molar-refractivity contribution is -0.140. The summed E-state index contributed by atoms with van der Waals surface area (Å²) in [5, 5.41) is 10.8. The zero-order chi connectivity index (χ0) is 25.8. The molecule has 4 rings (SSSR count). The van der Waals surface area contributed by atoms with Crippen molar-refractivity contribution in [3.63, 3.8) is 0 Å². The molecule has 1 aliphatic heterocycles. The molecule has 0 saturated carbocycles. The van der Waals surface area contributed by atoms with Gasteiger partial charge < -0.3 is 28.8 Å². The molecule has 0 amide bonds. The van der Waals surface area contributed by atoms with E-state index in [9.17, 15) is 14.7 Å². The maximum atomic E-state index is 13.3. The molecule has 1 atom stereocenters. The number of aromatic hydroxyl groups is 1. The van der Waals surface area contributed by atoms with Crippen LogP contribution in [0.25, 0.3) is 6.08 Å². The molecular weight excluding hydrogens is 466 g/mol. The van der Waals surface area contributed by atoms with E-state index in [1.54, 1.807) is 42.7 Å². The van der Waals surface area contributed by atoms with Gasteiger partial charge in [-0.25, -0.2) is 0 Å². The number of fused-ring (bicyclic) bond motifs is 1. The minimum Gasteiger partial charge on any atom is -0.508 e. The highest BCUT2D eigenvalue weighted by atomic mass is 16.5.